The van der Waals surface area contributed by atoms with Crippen LogP contribution in [0.4, 0.5) is 0 Å². The van der Waals surface area contributed by atoms with E-state index in [-0.39, 0.29) is 44.8 Å². The van der Waals surface area contributed by atoms with E-state index in [1.807, 2.05) is 65.6 Å². The van der Waals surface area contributed by atoms with Crippen LogP contribution in [0.15, 0.2) is 78.9 Å². The minimum atomic E-state index is -1.13. The second-order valence-corrected chi connectivity index (χ2v) is 11.3. The van der Waals surface area contributed by atoms with Crippen molar-refractivity contribution >= 4 is 50.7 Å². The number of methoxy groups -OCH3 is 1. The predicted octanol–water partition coefficient (Wildman–Crippen LogP) is 4.09. The minimum Gasteiger partial charge on any atom is -0.496 e. The predicted molar refractivity (Wildman–Crippen MR) is 182 cm³/mol. The first-order valence-corrected chi connectivity index (χ1v) is 14.7. The summed E-state index contributed by atoms with van der Waals surface area (Å²) in [6, 6.07) is 22.8. The zero-order chi connectivity index (χ0) is 30.6. The van der Waals surface area contributed by atoms with Gasteiger partial charge in [0.05, 0.1) is 24.0 Å². The Bertz CT molecular complexity index is 1510. The van der Waals surface area contributed by atoms with E-state index >= 15 is 0 Å². The number of aliphatic carboxylic acids is 1. The van der Waals surface area contributed by atoms with Crippen molar-refractivity contribution in [3.05, 3.63) is 101 Å². The minimum absolute atomic E-state index is 0. The van der Waals surface area contributed by atoms with Gasteiger partial charge in [-0.05, 0) is 61.4 Å². The number of nitrogens with one attached hydrogen (secondary N) is 2. The number of likely N-dealkylation sites (tertiary alicyclic amines) is 1. The molecule has 45 heavy (non-hydrogen) atoms. The Hall–Kier alpha value is -3.96. The molecule has 11 heteroatoms. The van der Waals surface area contributed by atoms with Crippen LogP contribution in [0.3, 0.4) is 0 Å². The number of ether oxygens (including phenoxy) is 1. The van der Waals surface area contributed by atoms with Gasteiger partial charge in [0.2, 0.25) is 11.8 Å². The van der Waals surface area contributed by atoms with Gasteiger partial charge in [0.15, 0.2) is 0 Å². The molecule has 9 nitrogen and oxygen atoms in total. The van der Waals surface area contributed by atoms with E-state index < -0.39 is 29.3 Å². The quantitative estimate of drug-likeness (QED) is 0.337. The van der Waals surface area contributed by atoms with E-state index in [2.05, 4.69) is 10.6 Å². The molecule has 0 spiro atoms. The molecule has 3 atom stereocenters. The van der Waals surface area contributed by atoms with Crippen molar-refractivity contribution in [1.29, 1.82) is 0 Å². The second-order valence-electron chi connectivity index (χ2n) is 11.3. The van der Waals surface area contributed by atoms with E-state index in [0.717, 1.165) is 16.7 Å². The van der Waals surface area contributed by atoms with Crippen molar-refractivity contribution in [3.8, 4) is 5.75 Å². The number of hydrogen-bond donors (Lipinski definition) is 3. The molecule has 0 radical (unpaired) electrons. The molecule has 2 aliphatic rings. The van der Waals surface area contributed by atoms with Crippen molar-refractivity contribution in [2.24, 2.45) is 0 Å². The second kappa shape index (κ2) is 15.4. The molecule has 1 saturated heterocycles. The summed E-state index contributed by atoms with van der Waals surface area (Å²) in [4.78, 5) is 54.3. The van der Waals surface area contributed by atoms with Crippen molar-refractivity contribution < 1.29 is 29.0 Å². The van der Waals surface area contributed by atoms with E-state index in [1.54, 1.807) is 18.2 Å². The van der Waals surface area contributed by atoms with Gasteiger partial charge in [-0.3, -0.25) is 19.2 Å². The lowest BCUT2D eigenvalue weighted by Gasteiger charge is -2.43. The molecule has 1 aliphatic carbocycles. The molecule has 0 unspecified atom stereocenters. The summed E-state index contributed by atoms with van der Waals surface area (Å²) in [5, 5.41) is 15.3. The highest BCUT2D eigenvalue weighted by Gasteiger charge is 2.49. The normalized spacial score (nSPS) is 19.9. The average Bonchev–Trinajstić information content (AvgIpc) is 3.04. The fourth-order valence-corrected chi connectivity index (χ4v) is 6.43. The monoisotopic (exact) mass is 651 g/mol. The topological polar surface area (TPSA) is 125 Å². The lowest BCUT2D eigenvalue weighted by molar-refractivity contribution is -0.142. The number of carbonyl (C=O) groups is 4. The first-order valence-electron chi connectivity index (χ1n) is 14.7. The fourth-order valence-electron chi connectivity index (χ4n) is 6.43. The van der Waals surface area contributed by atoms with Crippen LogP contribution in [0, 0.1) is 0 Å². The Morgan fingerprint density at radius 3 is 2.18 bits per heavy atom. The number of fused-ring (bicyclic) bond motifs is 1. The van der Waals surface area contributed by atoms with E-state index in [0.29, 0.717) is 50.1 Å². The summed E-state index contributed by atoms with van der Waals surface area (Å²) in [6.45, 7) is 2.46. The Labute approximate surface area is 277 Å². The average molecular weight is 652 g/mol. The Morgan fingerprint density at radius 2 is 1.51 bits per heavy atom. The summed E-state index contributed by atoms with van der Waals surface area (Å²) in [5.41, 5.74) is 1.61. The van der Waals surface area contributed by atoms with Crippen molar-refractivity contribution in [2.45, 2.75) is 56.0 Å². The van der Waals surface area contributed by atoms with Gasteiger partial charge in [0.25, 0.3) is 5.91 Å². The largest absolute Gasteiger partial charge is 0.496 e. The van der Waals surface area contributed by atoms with Crippen LogP contribution in [0.1, 0.15) is 65.6 Å². The Morgan fingerprint density at radius 1 is 0.889 bits per heavy atom. The lowest BCUT2D eigenvalue weighted by Crippen LogP contribution is -2.53. The number of amides is 3. The number of nitrogens with zero attached hydrogens (tertiary/aromatic N) is 1. The standard InChI is InChI=1S/C34H37N3O6.2H2S/c1-22(32(40)41)35-33(42)34(23-10-4-3-5-11-23)19-16-26(25-12-6-8-14-28(25)34)31(39)37-20-17-24(18-21-37)36-30(38)27-13-7-9-15-29(27)43-2;;/h3-15,22,24,26H,16-21H2,1-2H3,(H,35,42)(H,36,38)(H,40,41);2*1H2/t22-,26-,34+;;/m0../s1. The molecule has 0 aromatic heterocycles. The highest BCUT2D eigenvalue weighted by molar-refractivity contribution is 7.59. The molecular formula is C34H41N3O6S2. The maximum atomic E-state index is 14.0. The zero-order valence-corrected chi connectivity index (χ0v) is 27.4. The molecule has 3 aromatic carbocycles. The molecule has 1 heterocycles. The lowest BCUT2D eigenvalue weighted by atomic mass is 9.62. The van der Waals surface area contributed by atoms with E-state index in [4.69, 9.17) is 4.74 Å². The summed E-state index contributed by atoms with van der Waals surface area (Å²) in [6.07, 6.45) is 2.05. The zero-order valence-electron chi connectivity index (χ0n) is 25.4. The van der Waals surface area contributed by atoms with Crippen LogP contribution >= 0.6 is 27.0 Å². The molecular weight excluding hydrogens is 611 g/mol. The van der Waals surface area contributed by atoms with Gasteiger partial charge in [0, 0.05) is 19.1 Å². The molecule has 240 valence electrons. The van der Waals surface area contributed by atoms with Crippen LogP contribution in [-0.4, -0.2) is 66.0 Å². The first kappa shape index (κ1) is 35.5. The summed E-state index contributed by atoms with van der Waals surface area (Å²) in [5.74, 6) is -1.62. The molecule has 3 N–H and O–H groups in total. The third-order valence-corrected chi connectivity index (χ3v) is 8.77. The third kappa shape index (κ3) is 7.15. The number of piperidine rings is 1. The first-order chi connectivity index (χ1) is 20.8. The number of hydrogen-bond acceptors (Lipinski definition) is 5. The third-order valence-electron chi connectivity index (χ3n) is 8.77. The molecule has 5 rings (SSSR count). The highest BCUT2D eigenvalue weighted by atomic mass is 32.1. The van der Waals surface area contributed by atoms with Crippen molar-refractivity contribution in [1.82, 2.24) is 15.5 Å². The molecule has 0 saturated carbocycles. The van der Waals surface area contributed by atoms with Gasteiger partial charge in [-0.1, -0.05) is 66.7 Å². The molecule has 3 amide bonds. The van der Waals surface area contributed by atoms with E-state index in [1.165, 1.54) is 14.0 Å². The Kier molecular flexibility index (Phi) is 12.1. The number of carbonyl (C=O) groups excluding carboxylic acids is 3. The van der Waals surface area contributed by atoms with Gasteiger partial charge in [-0.15, -0.1) is 0 Å². The summed E-state index contributed by atoms with van der Waals surface area (Å²) >= 11 is 0. The molecule has 1 fully saturated rings. The SMILES string of the molecule is COc1ccccc1C(=O)NC1CCN(C(=O)[C@H]2CC[C@@](C(=O)N[C@@H](C)C(=O)O)(c3ccccc3)c3ccccc32)CC1.S.S. The maximum Gasteiger partial charge on any atom is 0.325 e. The van der Waals surface area contributed by atoms with Gasteiger partial charge < -0.3 is 25.4 Å². The summed E-state index contributed by atoms with van der Waals surface area (Å²) in [7, 11) is 1.53. The smallest absolute Gasteiger partial charge is 0.325 e. The van der Waals surface area contributed by atoms with Crippen LogP contribution in [0.5, 0.6) is 5.75 Å². The van der Waals surface area contributed by atoms with Crippen LogP contribution in [0.25, 0.3) is 0 Å². The molecule has 0 bridgehead atoms. The van der Waals surface area contributed by atoms with Crippen molar-refractivity contribution in [3.63, 3.8) is 0 Å². The number of carboxylic acid groups (broad SMARTS) is 1. The molecule has 1 aliphatic heterocycles. The number of benzene rings is 3. The fraction of sp³-hybridized carbons (Fsp3) is 0.353. The van der Waals surface area contributed by atoms with Gasteiger partial charge in [-0.2, -0.15) is 27.0 Å². The summed E-state index contributed by atoms with van der Waals surface area (Å²) < 4.78 is 5.32. The van der Waals surface area contributed by atoms with Crippen LogP contribution < -0.4 is 15.4 Å². The van der Waals surface area contributed by atoms with Gasteiger partial charge in [-0.25, -0.2) is 0 Å². The maximum absolute atomic E-state index is 14.0. The number of carboxylic acids is 1. The molecule has 3 aromatic rings. The van der Waals surface area contributed by atoms with Gasteiger partial charge in [0.1, 0.15) is 11.8 Å². The number of para-hydroxylation sites is 1. The highest BCUT2D eigenvalue weighted by Crippen LogP contribution is 2.48. The number of rotatable bonds is 8. The van der Waals surface area contributed by atoms with Crippen molar-refractivity contribution in [2.75, 3.05) is 20.2 Å². The van der Waals surface area contributed by atoms with Gasteiger partial charge >= 0.3 is 5.97 Å². The van der Waals surface area contributed by atoms with Crippen LogP contribution in [0.2, 0.25) is 0 Å². The van der Waals surface area contributed by atoms with Crippen LogP contribution in [-0.2, 0) is 19.8 Å². The Balaban J connectivity index is 0.00000276. The van der Waals surface area contributed by atoms with E-state index in [9.17, 15) is 24.3 Å².